The van der Waals surface area contributed by atoms with Gasteiger partial charge in [0.15, 0.2) is 0 Å². The average Bonchev–Trinajstić information content (AvgIpc) is 2.92. The van der Waals surface area contributed by atoms with E-state index in [2.05, 4.69) is 54.6 Å². The Morgan fingerprint density at radius 3 is 2.92 bits per heavy atom. The molecule has 2 heterocycles. The Hall–Kier alpha value is -1.59. The number of amides is 1. The molecule has 6 nitrogen and oxygen atoms in total. The number of hydrogen-bond acceptors (Lipinski definition) is 3. The van der Waals surface area contributed by atoms with Crippen LogP contribution in [-0.2, 0) is 13.0 Å². The van der Waals surface area contributed by atoms with Gasteiger partial charge in [-0.25, -0.2) is 0 Å². The molecule has 1 amide bonds. The first kappa shape index (κ1) is 18.2. The Morgan fingerprint density at radius 2 is 2.20 bits per heavy atom. The molecule has 3 aromatic rings. The van der Waals surface area contributed by atoms with Gasteiger partial charge in [0, 0.05) is 0 Å². The summed E-state index contributed by atoms with van der Waals surface area (Å²) in [6.07, 6.45) is 1.98. The molecule has 2 radical (unpaired) electrons. The van der Waals surface area contributed by atoms with E-state index in [1.807, 2.05) is 18.2 Å². The molecule has 25 heavy (non-hydrogen) atoms. The van der Waals surface area contributed by atoms with Gasteiger partial charge in [-0.05, 0) is 0 Å². The molecule has 0 unspecified atom stereocenters. The van der Waals surface area contributed by atoms with Crippen molar-refractivity contribution < 1.29 is 9.90 Å². The summed E-state index contributed by atoms with van der Waals surface area (Å²) in [5, 5.41) is 12.3. The Bertz CT molecular complexity index is 941. The van der Waals surface area contributed by atoms with E-state index >= 15 is 0 Å². The molecule has 0 saturated carbocycles. The second-order valence-electron chi connectivity index (χ2n) is 5.81. The molecular weight excluding hydrogens is 447 g/mol. The Morgan fingerprint density at radius 1 is 1.40 bits per heavy atom. The summed E-state index contributed by atoms with van der Waals surface area (Å²) < 4.78 is 3.94. The number of nitrogens with zero attached hydrogens (tertiary/aromatic N) is 3. The average molecular weight is 465 g/mol. The number of nitrogens with one attached hydrogen (secondary N) is 1. The number of carboxylic acid groups (broad SMARTS) is 1. The summed E-state index contributed by atoms with van der Waals surface area (Å²) >= 11 is 5.99. The number of benzene rings is 1. The van der Waals surface area contributed by atoms with E-state index in [0.29, 0.717) is 13.1 Å². The van der Waals surface area contributed by atoms with Crippen LogP contribution in [0.2, 0.25) is 0 Å². The third-order valence-corrected chi connectivity index (χ3v) is 5.21. The predicted octanol–water partition coefficient (Wildman–Crippen LogP) is 2.75. The van der Waals surface area contributed by atoms with E-state index in [4.69, 9.17) is 10.1 Å². The van der Waals surface area contributed by atoms with Gasteiger partial charge >= 0.3 is 163 Å². The topological polar surface area (TPSA) is 80.0 Å². The fraction of sp³-hybridized carbons (Fsp3) is 0.353. The van der Waals surface area contributed by atoms with Gasteiger partial charge in [0.2, 0.25) is 0 Å². The standard InChI is InChI=1S/C17H18AsBrN4O2/c1-2-3-4-13-22-14-15(23(13)8-7-20-17(24)25)11-6-5-10(19)9-12(11)21-16(14)18/h5-6,9,20H,2-4,7-8H2,1H3,(H,24,25). The monoisotopic (exact) mass is 464 g/mol. The van der Waals surface area contributed by atoms with E-state index in [1.165, 1.54) is 0 Å². The normalized spacial score (nSPS) is 11.3. The molecule has 1 aromatic carbocycles. The number of rotatable bonds is 6. The molecule has 2 aromatic heterocycles. The third-order valence-electron chi connectivity index (χ3n) is 4.07. The van der Waals surface area contributed by atoms with Crippen LogP contribution >= 0.6 is 15.9 Å². The molecule has 0 aliphatic rings. The number of aromatic nitrogens is 3. The fourth-order valence-electron chi connectivity index (χ4n) is 2.93. The quantitative estimate of drug-likeness (QED) is 0.549. The van der Waals surface area contributed by atoms with Gasteiger partial charge in [-0.2, -0.15) is 0 Å². The third kappa shape index (κ3) is 3.82. The molecule has 0 spiro atoms. The molecule has 0 atom stereocenters. The molecule has 0 aliphatic heterocycles. The number of pyridine rings is 1. The van der Waals surface area contributed by atoms with Crippen LogP contribution in [0.15, 0.2) is 22.7 Å². The zero-order chi connectivity index (χ0) is 18.0. The van der Waals surface area contributed by atoms with E-state index in [9.17, 15) is 4.79 Å². The van der Waals surface area contributed by atoms with Crippen molar-refractivity contribution in [1.29, 1.82) is 0 Å². The van der Waals surface area contributed by atoms with Crippen LogP contribution in [0.25, 0.3) is 21.9 Å². The minimum absolute atomic E-state index is 0.341. The van der Waals surface area contributed by atoms with Crippen LogP contribution in [0.3, 0.4) is 0 Å². The molecular formula is C17H18AsBrN4O2. The Balaban J connectivity index is 2.18. The molecule has 0 aliphatic carbocycles. The summed E-state index contributed by atoms with van der Waals surface area (Å²) in [5.74, 6) is 0.980. The zero-order valence-corrected chi connectivity index (χ0v) is 17.3. The minimum atomic E-state index is -1.01. The van der Waals surface area contributed by atoms with Crippen molar-refractivity contribution in [2.45, 2.75) is 32.7 Å². The van der Waals surface area contributed by atoms with Crippen LogP contribution in [0.4, 0.5) is 4.79 Å². The first-order valence-corrected chi connectivity index (χ1v) is 9.88. The first-order valence-electron chi connectivity index (χ1n) is 8.15. The summed E-state index contributed by atoms with van der Waals surface area (Å²) in [5.41, 5.74) is 2.79. The van der Waals surface area contributed by atoms with Crippen molar-refractivity contribution in [3.8, 4) is 0 Å². The first-order chi connectivity index (χ1) is 12.0. The second-order valence-corrected chi connectivity index (χ2v) is 7.61. The van der Waals surface area contributed by atoms with Gasteiger partial charge in [0.1, 0.15) is 0 Å². The van der Waals surface area contributed by atoms with Crippen LogP contribution in [0.1, 0.15) is 25.6 Å². The van der Waals surface area contributed by atoms with Crippen molar-refractivity contribution in [3.05, 3.63) is 28.5 Å². The van der Waals surface area contributed by atoms with Gasteiger partial charge in [0.25, 0.3) is 0 Å². The van der Waals surface area contributed by atoms with Crippen LogP contribution in [0.5, 0.6) is 0 Å². The summed E-state index contributed by atoms with van der Waals surface area (Å²) in [7, 11) is 0. The van der Waals surface area contributed by atoms with Crippen molar-refractivity contribution >= 4 is 65.3 Å². The number of aryl methyl sites for hydroxylation is 1. The molecule has 0 bridgehead atoms. The molecule has 0 fully saturated rings. The number of imidazole rings is 1. The maximum absolute atomic E-state index is 10.8. The van der Waals surface area contributed by atoms with E-state index in [-0.39, 0.29) is 0 Å². The fourth-order valence-corrected chi connectivity index (χ4v) is 3.84. The second kappa shape index (κ2) is 7.75. The van der Waals surface area contributed by atoms with Crippen molar-refractivity contribution in [3.63, 3.8) is 0 Å². The van der Waals surface area contributed by atoms with Gasteiger partial charge in [0.05, 0.1) is 0 Å². The van der Waals surface area contributed by atoms with E-state index in [0.717, 1.165) is 56.0 Å². The number of halogens is 1. The van der Waals surface area contributed by atoms with Gasteiger partial charge in [-0.3, -0.25) is 0 Å². The number of unbranched alkanes of at least 4 members (excludes halogenated alkanes) is 1. The maximum atomic E-state index is 10.8. The summed E-state index contributed by atoms with van der Waals surface area (Å²) in [6, 6.07) is 6.02. The number of fused-ring (bicyclic) bond motifs is 3. The number of hydrogen-bond donors (Lipinski definition) is 2. The van der Waals surface area contributed by atoms with Crippen LogP contribution in [-0.4, -0.2) is 49.1 Å². The summed E-state index contributed by atoms with van der Waals surface area (Å²) in [4.78, 5) is 20.3. The molecule has 0 saturated heterocycles. The Labute approximate surface area is 162 Å². The zero-order valence-electron chi connectivity index (χ0n) is 13.8. The summed E-state index contributed by atoms with van der Waals surface area (Å²) in [6.45, 7) is 3.03. The van der Waals surface area contributed by atoms with Crippen LogP contribution in [0, 0.1) is 0 Å². The van der Waals surface area contributed by atoms with E-state index < -0.39 is 6.09 Å². The van der Waals surface area contributed by atoms with E-state index in [1.54, 1.807) is 0 Å². The number of carbonyl (C=O) groups is 1. The van der Waals surface area contributed by atoms with Crippen molar-refractivity contribution in [2.24, 2.45) is 0 Å². The molecule has 2 N–H and O–H groups in total. The van der Waals surface area contributed by atoms with Crippen molar-refractivity contribution in [1.82, 2.24) is 19.9 Å². The molecule has 3 rings (SSSR count). The molecule has 8 heteroatoms. The molecule has 130 valence electrons. The van der Waals surface area contributed by atoms with Gasteiger partial charge < -0.3 is 0 Å². The van der Waals surface area contributed by atoms with Crippen molar-refractivity contribution in [2.75, 3.05) is 6.54 Å². The van der Waals surface area contributed by atoms with Gasteiger partial charge in [-0.15, -0.1) is 0 Å². The van der Waals surface area contributed by atoms with Gasteiger partial charge in [-0.1, -0.05) is 0 Å². The SMILES string of the molecule is CCCCc1nc2c([As])nc3cc(Br)ccc3c2n1CCNC(=O)O. The predicted molar refractivity (Wildman–Crippen MR) is 103 cm³/mol. The van der Waals surface area contributed by atoms with Crippen LogP contribution < -0.4 is 9.80 Å². The Kier molecular flexibility index (Phi) is 5.64.